The molecule has 2 fully saturated rings. The van der Waals surface area contributed by atoms with Crippen LogP contribution in [0.1, 0.15) is 42.0 Å². The van der Waals surface area contributed by atoms with Gasteiger partial charge in [-0.15, -0.1) is 0 Å². The van der Waals surface area contributed by atoms with E-state index in [0.29, 0.717) is 6.04 Å². The maximum atomic E-state index is 6.11. The second-order valence-electron chi connectivity index (χ2n) is 6.45. The molecule has 3 unspecified atom stereocenters. The first kappa shape index (κ1) is 13.1. The highest BCUT2D eigenvalue weighted by Crippen LogP contribution is 2.41. The molecular formula is C17H26N2. The molecular weight excluding hydrogens is 232 g/mol. The molecule has 1 aromatic carbocycles. The summed E-state index contributed by atoms with van der Waals surface area (Å²) in [6.45, 7) is 7.71. The van der Waals surface area contributed by atoms with Gasteiger partial charge in [0.25, 0.3) is 0 Å². The standard InChI is InChI=1S/C17H26N2/c1-12-5-3-8-16(13(12)2)17(9-18)19-10-14-6-4-7-15(14)11-19/h3,5,8,14-15,17H,4,6-7,9-11,18H2,1-2H3. The molecule has 1 aliphatic heterocycles. The van der Waals surface area contributed by atoms with E-state index in [2.05, 4.69) is 36.9 Å². The highest BCUT2D eigenvalue weighted by atomic mass is 15.2. The van der Waals surface area contributed by atoms with E-state index in [0.717, 1.165) is 18.4 Å². The third-order valence-electron chi connectivity index (χ3n) is 5.42. The second-order valence-corrected chi connectivity index (χ2v) is 6.45. The number of benzene rings is 1. The Balaban J connectivity index is 1.83. The largest absolute Gasteiger partial charge is 0.329 e. The average Bonchev–Trinajstić information content (AvgIpc) is 2.96. The van der Waals surface area contributed by atoms with Gasteiger partial charge in [0, 0.05) is 25.7 Å². The molecule has 0 spiro atoms. The molecule has 1 heterocycles. The van der Waals surface area contributed by atoms with Gasteiger partial charge >= 0.3 is 0 Å². The van der Waals surface area contributed by atoms with Crippen LogP contribution in [0, 0.1) is 25.7 Å². The fraction of sp³-hybridized carbons (Fsp3) is 0.647. The zero-order valence-electron chi connectivity index (χ0n) is 12.2. The molecule has 2 heteroatoms. The summed E-state index contributed by atoms with van der Waals surface area (Å²) >= 11 is 0. The highest BCUT2D eigenvalue weighted by molar-refractivity contribution is 5.35. The minimum Gasteiger partial charge on any atom is -0.329 e. The van der Waals surface area contributed by atoms with Crippen molar-refractivity contribution in [2.24, 2.45) is 17.6 Å². The predicted octanol–water partition coefficient (Wildman–Crippen LogP) is 3.04. The fourth-order valence-corrected chi connectivity index (χ4v) is 4.13. The first-order chi connectivity index (χ1) is 9.20. The summed E-state index contributed by atoms with van der Waals surface area (Å²) in [6, 6.07) is 7.07. The van der Waals surface area contributed by atoms with E-state index in [4.69, 9.17) is 5.73 Å². The van der Waals surface area contributed by atoms with Gasteiger partial charge < -0.3 is 5.73 Å². The van der Waals surface area contributed by atoms with Crippen LogP contribution in [-0.4, -0.2) is 24.5 Å². The summed E-state index contributed by atoms with van der Waals surface area (Å²) in [5.74, 6) is 1.89. The Morgan fingerprint density at radius 1 is 1.21 bits per heavy atom. The van der Waals surface area contributed by atoms with Crippen LogP contribution in [-0.2, 0) is 0 Å². The third-order valence-corrected chi connectivity index (χ3v) is 5.42. The SMILES string of the molecule is Cc1cccc(C(CN)N2CC3CCCC3C2)c1C. The van der Waals surface area contributed by atoms with Crippen LogP contribution in [0.3, 0.4) is 0 Å². The quantitative estimate of drug-likeness (QED) is 0.903. The van der Waals surface area contributed by atoms with E-state index in [1.54, 1.807) is 0 Å². The van der Waals surface area contributed by atoms with Crippen LogP contribution in [0.15, 0.2) is 18.2 Å². The Bertz CT molecular complexity index is 443. The van der Waals surface area contributed by atoms with E-state index >= 15 is 0 Å². The molecule has 1 saturated carbocycles. The van der Waals surface area contributed by atoms with Gasteiger partial charge in [0.1, 0.15) is 0 Å². The number of fused-ring (bicyclic) bond motifs is 1. The Labute approximate surface area is 117 Å². The van der Waals surface area contributed by atoms with E-state index in [1.165, 1.54) is 49.0 Å². The molecule has 1 aliphatic carbocycles. The van der Waals surface area contributed by atoms with Crippen molar-refractivity contribution in [2.75, 3.05) is 19.6 Å². The first-order valence-electron chi connectivity index (χ1n) is 7.71. The molecule has 3 rings (SSSR count). The molecule has 0 bridgehead atoms. The number of nitrogens with zero attached hydrogens (tertiary/aromatic N) is 1. The van der Waals surface area contributed by atoms with Gasteiger partial charge in [0.15, 0.2) is 0 Å². The Kier molecular flexibility index (Phi) is 3.64. The number of rotatable bonds is 3. The lowest BCUT2D eigenvalue weighted by Gasteiger charge is -2.29. The predicted molar refractivity (Wildman–Crippen MR) is 80.1 cm³/mol. The van der Waals surface area contributed by atoms with Gasteiger partial charge in [-0.3, -0.25) is 4.90 Å². The number of hydrogen-bond acceptors (Lipinski definition) is 2. The van der Waals surface area contributed by atoms with Crippen molar-refractivity contribution in [1.29, 1.82) is 0 Å². The smallest absolute Gasteiger partial charge is 0.0473 e. The molecule has 19 heavy (non-hydrogen) atoms. The molecule has 104 valence electrons. The van der Waals surface area contributed by atoms with Crippen molar-refractivity contribution >= 4 is 0 Å². The minimum absolute atomic E-state index is 0.422. The van der Waals surface area contributed by atoms with Crippen LogP contribution in [0.5, 0.6) is 0 Å². The van der Waals surface area contributed by atoms with Gasteiger partial charge in [0.05, 0.1) is 0 Å². The molecule has 0 radical (unpaired) electrons. The summed E-state index contributed by atoms with van der Waals surface area (Å²) in [7, 11) is 0. The topological polar surface area (TPSA) is 29.3 Å². The van der Waals surface area contributed by atoms with Gasteiger partial charge in [-0.25, -0.2) is 0 Å². The summed E-state index contributed by atoms with van der Waals surface area (Å²) in [5.41, 5.74) is 10.4. The Hall–Kier alpha value is -0.860. The molecule has 0 aromatic heterocycles. The molecule has 3 atom stereocenters. The van der Waals surface area contributed by atoms with Crippen LogP contribution in [0.2, 0.25) is 0 Å². The molecule has 2 aliphatic rings. The van der Waals surface area contributed by atoms with E-state index < -0.39 is 0 Å². The van der Waals surface area contributed by atoms with Gasteiger partial charge in [-0.05, 0) is 55.2 Å². The van der Waals surface area contributed by atoms with Crippen molar-refractivity contribution in [1.82, 2.24) is 4.90 Å². The van der Waals surface area contributed by atoms with E-state index in [1.807, 2.05) is 0 Å². The van der Waals surface area contributed by atoms with Gasteiger partial charge in [-0.2, -0.15) is 0 Å². The maximum absolute atomic E-state index is 6.11. The summed E-state index contributed by atoms with van der Waals surface area (Å²) in [5, 5.41) is 0. The Morgan fingerprint density at radius 2 is 1.89 bits per heavy atom. The van der Waals surface area contributed by atoms with Gasteiger partial charge in [-0.1, -0.05) is 24.6 Å². The van der Waals surface area contributed by atoms with Crippen LogP contribution in [0.4, 0.5) is 0 Å². The summed E-state index contributed by atoms with van der Waals surface area (Å²) in [4.78, 5) is 2.65. The van der Waals surface area contributed by atoms with Crippen LogP contribution >= 0.6 is 0 Å². The van der Waals surface area contributed by atoms with Crippen LogP contribution in [0.25, 0.3) is 0 Å². The zero-order valence-corrected chi connectivity index (χ0v) is 12.2. The molecule has 0 amide bonds. The van der Waals surface area contributed by atoms with Crippen molar-refractivity contribution in [3.05, 3.63) is 34.9 Å². The average molecular weight is 258 g/mol. The number of nitrogens with two attached hydrogens (primary N) is 1. The summed E-state index contributed by atoms with van der Waals surface area (Å²) < 4.78 is 0. The normalized spacial score (nSPS) is 28.6. The molecule has 1 aromatic rings. The maximum Gasteiger partial charge on any atom is 0.0473 e. The lowest BCUT2D eigenvalue weighted by Crippen LogP contribution is -2.33. The van der Waals surface area contributed by atoms with Crippen LogP contribution < -0.4 is 5.73 Å². The highest BCUT2D eigenvalue weighted by Gasteiger charge is 2.38. The van der Waals surface area contributed by atoms with Crippen molar-refractivity contribution in [3.8, 4) is 0 Å². The van der Waals surface area contributed by atoms with Crippen molar-refractivity contribution < 1.29 is 0 Å². The second kappa shape index (κ2) is 5.26. The number of likely N-dealkylation sites (tertiary alicyclic amines) is 1. The van der Waals surface area contributed by atoms with Crippen molar-refractivity contribution in [3.63, 3.8) is 0 Å². The Morgan fingerprint density at radius 3 is 2.53 bits per heavy atom. The van der Waals surface area contributed by atoms with E-state index in [9.17, 15) is 0 Å². The lowest BCUT2D eigenvalue weighted by molar-refractivity contribution is 0.231. The monoisotopic (exact) mass is 258 g/mol. The number of aryl methyl sites for hydroxylation is 1. The fourth-order valence-electron chi connectivity index (χ4n) is 4.13. The third kappa shape index (κ3) is 2.32. The number of hydrogen-bond donors (Lipinski definition) is 1. The molecule has 1 saturated heterocycles. The van der Waals surface area contributed by atoms with Crippen molar-refractivity contribution in [2.45, 2.75) is 39.2 Å². The van der Waals surface area contributed by atoms with E-state index in [-0.39, 0.29) is 0 Å². The molecule has 2 N–H and O–H groups in total. The summed E-state index contributed by atoms with van der Waals surface area (Å²) in [6.07, 6.45) is 4.32. The first-order valence-corrected chi connectivity index (χ1v) is 7.71. The molecule has 2 nitrogen and oxygen atoms in total. The van der Waals surface area contributed by atoms with Gasteiger partial charge in [0.2, 0.25) is 0 Å². The lowest BCUT2D eigenvalue weighted by atomic mass is 9.96. The zero-order chi connectivity index (χ0) is 13.4. The minimum atomic E-state index is 0.422.